The van der Waals surface area contributed by atoms with Crippen molar-refractivity contribution in [3.63, 3.8) is 0 Å². The number of aryl methyl sites for hydroxylation is 2. The first-order chi connectivity index (χ1) is 11.7. The molecule has 1 N–H and O–H groups in total. The van der Waals surface area contributed by atoms with Crippen LogP contribution >= 0.6 is 0 Å². The third kappa shape index (κ3) is 3.64. The van der Waals surface area contributed by atoms with Gasteiger partial charge in [0.2, 0.25) is 0 Å². The van der Waals surface area contributed by atoms with Gasteiger partial charge in [0.1, 0.15) is 0 Å². The summed E-state index contributed by atoms with van der Waals surface area (Å²) >= 11 is 0. The van der Waals surface area contributed by atoms with E-state index in [1.165, 1.54) is 11.1 Å². The highest BCUT2D eigenvalue weighted by Crippen LogP contribution is 2.17. The molecule has 1 fully saturated rings. The van der Waals surface area contributed by atoms with Gasteiger partial charge in [0.25, 0.3) is 0 Å². The Bertz CT molecular complexity index is 696. The summed E-state index contributed by atoms with van der Waals surface area (Å²) < 4.78 is 0. The van der Waals surface area contributed by atoms with Gasteiger partial charge >= 0.3 is 6.03 Å². The maximum atomic E-state index is 12.5. The Morgan fingerprint density at radius 3 is 2.67 bits per heavy atom. The van der Waals surface area contributed by atoms with Gasteiger partial charge < -0.3 is 15.1 Å². The van der Waals surface area contributed by atoms with Crippen molar-refractivity contribution in [3.8, 4) is 0 Å². The molecular formula is C18H23N5O. The van der Waals surface area contributed by atoms with E-state index in [0.29, 0.717) is 13.1 Å². The molecule has 24 heavy (non-hydrogen) atoms. The Morgan fingerprint density at radius 2 is 2.00 bits per heavy atom. The Kier molecular flexibility index (Phi) is 4.93. The van der Waals surface area contributed by atoms with E-state index in [1.54, 1.807) is 6.20 Å². The van der Waals surface area contributed by atoms with Crippen LogP contribution in [0.4, 0.5) is 16.3 Å². The second-order valence-electron chi connectivity index (χ2n) is 5.98. The van der Waals surface area contributed by atoms with E-state index in [4.69, 9.17) is 0 Å². The minimum absolute atomic E-state index is 0.0419. The first-order valence-corrected chi connectivity index (χ1v) is 8.35. The molecule has 2 amide bonds. The van der Waals surface area contributed by atoms with Gasteiger partial charge in [-0.2, -0.15) is 5.10 Å². The van der Waals surface area contributed by atoms with E-state index in [9.17, 15) is 4.79 Å². The lowest BCUT2D eigenvalue weighted by atomic mass is 10.1. The molecular weight excluding hydrogens is 302 g/mol. The maximum Gasteiger partial charge on any atom is 0.321 e. The molecule has 1 aromatic carbocycles. The Labute approximate surface area is 142 Å². The molecule has 6 nitrogen and oxygen atoms in total. The number of hydrogen-bond donors (Lipinski definition) is 1. The van der Waals surface area contributed by atoms with Crippen molar-refractivity contribution in [3.05, 3.63) is 47.7 Å². The molecule has 0 unspecified atom stereocenters. The van der Waals surface area contributed by atoms with Crippen LogP contribution in [0.25, 0.3) is 0 Å². The summed E-state index contributed by atoms with van der Waals surface area (Å²) in [5.41, 5.74) is 3.38. The number of piperazine rings is 1. The van der Waals surface area contributed by atoms with Crippen LogP contribution in [0.2, 0.25) is 0 Å². The number of urea groups is 1. The van der Waals surface area contributed by atoms with Gasteiger partial charge in [-0.25, -0.2) is 4.79 Å². The molecule has 0 bridgehead atoms. The molecule has 126 valence electrons. The summed E-state index contributed by atoms with van der Waals surface area (Å²) in [5, 5.41) is 11.0. The number of carbonyl (C=O) groups excluding carboxylic acids is 1. The predicted molar refractivity (Wildman–Crippen MR) is 95.4 cm³/mol. The van der Waals surface area contributed by atoms with E-state index >= 15 is 0 Å². The van der Waals surface area contributed by atoms with Crippen LogP contribution in [0.15, 0.2) is 36.5 Å². The molecule has 0 radical (unpaired) electrons. The highest BCUT2D eigenvalue weighted by Gasteiger charge is 2.22. The van der Waals surface area contributed by atoms with Crippen molar-refractivity contribution in [1.29, 1.82) is 0 Å². The van der Waals surface area contributed by atoms with Gasteiger partial charge in [0.15, 0.2) is 5.82 Å². The van der Waals surface area contributed by atoms with E-state index in [0.717, 1.165) is 31.0 Å². The van der Waals surface area contributed by atoms with E-state index in [2.05, 4.69) is 46.4 Å². The maximum absolute atomic E-state index is 12.5. The van der Waals surface area contributed by atoms with Crippen LogP contribution in [-0.4, -0.2) is 47.3 Å². The van der Waals surface area contributed by atoms with Gasteiger partial charge in [-0.05, 0) is 48.7 Å². The van der Waals surface area contributed by atoms with E-state index < -0.39 is 0 Å². The second kappa shape index (κ2) is 7.29. The SMILES string of the molecule is CCc1cc(NC(=O)N2CCN(c3cccnn3)CC2)ccc1C. The summed E-state index contributed by atoms with van der Waals surface area (Å²) in [4.78, 5) is 16.5. The van der Waals surface area contributed by atoms with Crippen LogP contribution in [0.3, 0.4) is 0 Å². The average molecular weight is 325 g/mol. The molecule has 0 aliphatic carbocycles. The van der Waals surface area contributed by atoms with Gasteiger partial charge in [-0.15, -0.1) is 5.10 Å². The number of benzene rings is 1. The molecule has 2 aromatic rings. The van der Waals surface area contributed by atoms with Crippen LogP contribution in [-0.2, 0) is 6.42 Å². The van der Waals surface area contributed by atoms with Gasteiger partial charge in [0.05, 0.1) is 0 Å². The van der Waals surface area contributed by atoms with Crippen molar-refractivity contribution >= 4 is 17.5 Å². The number of nitrogens with zero attached hydrogens (tertiary/aromatic N) is 4. The molecule has 2 heterocycles. The van der Waals surface area contributed by atoms with Crippen molar-refractivity contribution in [2.75, 3.05) is 36.4 Å². The van der Waals surface area contributed by atoms with Gasteiger partial charge in [0, 0.05) is 38.1 Å². The summed E-state index contributed by atoms with van der Waals surface area (Å²) in [5.74, 6) is 0.865. The largest absolute Gasteiger partial charge is 0.352 e. The fraction of sp³-hybridized carbons (Fsp3) is 0.389. The van der Waals surface area contributed by atoms with Crippen molar-refractivity contribution < 1.29 is 4.79 Å². The van der Waals surface area contributed by atoms with Crippen molar-refractivity contribution in [1.82, 2.24) is 15.1 Å². The molecule has 1 aliphatic rings. The van der Waals surface area contributed by atoms with Crippen LogP contribution in [0.1, 0.15) is 18.1 Å². The molecule has 3 rings (SSSR count). The molecule has 1 saturated heterocycles. The van der Waals surface area contributed by atoms with Crippen molar-refractivity contribution in [2.45, 2.75) is 20.3 Å². The first kappa shape index (κ1) is 16.2. The molecule has 6 heteroatoms. The normalized spacial score (nSPS) is 14.6. The first-order valence-electron chi connectivity index (χ1n) is 8.35. The topological polar surface area (TPSA) is 61.4 Å². The monoisotopic (exact) mass is 325 g/mol. The lowest BCUT2D eigenvalue weighted by Crippen LogP contribution is -2.50. The van der Waals surface area contributed by atoms with Crippen molar-refractivity contribution in [2.24, 2.45) is 0 Å². The minimum Gasteiger partial charge on any atom is -0.352 e. The summed E-state index contributed by atoms with van der Waals surface area (Å²) in [7, 11) is 0. The number of amides is 2. The van der Waals surface area contributed by atoms with Crippen LogP contribution in [0, 0.1) is 6.92 Å². The lowest BCUT2D eigenvalue weighted by Gasteiger charge is -2.35. The van der Waals surface area contributed by atoms with Gasteiger partial charge in [-0.3, -0.25) is 0 Å². The lowest BCUT2D eigenvalue weighted by molar-refractivity contribution is 0.208. The number of nitrogens with one attached hydrogen (secondary N) is 1. The highest BCUT2D eigenvalue weighted by atomic mass is 16.2. The standard InChI is InChI=1S/C18H23N5O/c1-3-15-13-16(7-6-14(15)2)20-18(24)23-11-9-22(10-12-23)17-5-4-8-19-21-17/h4-8,13H,3,9-12H2,1-2H3,(H,20,24). The zero-order valence-corrected chi connectivity index (χ0v) is 14.2. The Balaban J connectivity index is 1.57. The third-order valence-electron chi connectivity index (χ3n) is 4.43. The smallest absolute Gasteiger partial charge is 0.321 e. The van der Waals surface area contributed by atoms with Gasteiger partial charge in [-0.1, -0.05) is 13.0 Å². The predicted octanol–water partition coefficient (Wildman–Crippen LogP) is 2.70. The number of anilines is 2. The quantitative estimate of drug-likeness (QED) is 0.942. The molecule has 0 atom stereocenters. The third-order valence-corrected chi connectivity index (χ3v) is 4.43. The molecule has 1 aliphatic heterocycles. The Morgan fingerprint density at radius 1 is 1.21 bits per heavy atom. The summed E-state index contributed by atoms with van der Waals surface area (Å²) in [6, 6.07) is 9.86. The average Bonchev–Trinajstić information content (AvgIpc) is 2.64. The molecule has 0 spiro atoms. The number of aromatic nitrogens is 2. The highest BCUT2D eigenvalue weighted by molar-refractivity contribution is 5.89. The van der Waals surface area contributed by atoms with E-state index in [-0.39, 0.29) is 6.03 Å². The number of carbonyl (C=O) groups is 1. The molecule has 0 saturated carbocycles. The summed E-state index contributed by atoms with van der Waals surface area (Å²) in [6.45, 7) is 7.10. The Hall–Kier alpha value is -2.63. The molecule has 1 aromatic heterocycles. The van der Waals surface area contributed by atoms with E-state index in [1.807, 2.05) is 23.1 Å². The number of rotatable bonds is 3. The summed E-state index contributed by atoms with van der Waals surface area (Å²) in [6.07, 6.45) is 2.63. The number of hydrogen-bond acceptors (Lipinski definition) is 4. The second-order valence-corrected chi connectivity index (χ2v) is 5.98. The minimum atomic E-state index is -0.0419. The fourth-order valence-corrected chi connectivity index (χ4v) is 2.93. The zero-order valence-electron chi connectivity index (χ0n) is 14.2. The fourth-order valence-electron chi connectivity index (χ4n) is 2.93. The van der Waals surface area contributed by atoms with Crippen LogP contribution < -0.4 is 10.2 Å². The zero-order chi connectivity index (χ0) is 16.9. The van der Waals surface area contributed by atoms with Crippen LogP contribution in [0.5, 0.6) is 0 Å².